The minimum atomic E-state index is -0.943. The van der Waals surface area contributed by atoms with E-state index in [1.807, 2.05) is 13.8 Å². The molecular weight excluding hydrogens is 274 g/mol. The minimum Gasteiger partial charge on any atom is -0.481 e. The Labute approximate surface area is 126 Å². The number of rotatable bonds is 8. The number of likely N-dealkylation sites (N-methyl/N-ethyl adjacent to an activating group) is 1. The average Bonchev–Trinajstić information content (AvgIpc) is 2.40. The van der Waals surface area contributed by atoms with Crippen molar-refractivity contribution < 1.29 is 19.5 Å². The molecule has 2 N–H and O–H groups in total. The number of nitrogens with zero attached hydrogens (tertiary/aromatic N) is 2. The first-order chi connectivity index (χ1) is 9.72. The highest BCUT2D eigenvalue weighted by molar-refractivity contribution is 5.84. The van der Waals surface area contributed by atoms with E-state index >= 15 is 0 Å². The van der Waals surface area contributed by atoms with Gasteiger partial charge in [-0.3, -0.25) is 9.59 Å². The second-order valence-electron chi connectivity index (χ2n) is 5.30. The molecule has 1 unspecified atom stereocenters. The molecule has 21 heavy (non-hydrogen) atoms. The SMILES string of the molecule is CCN(CC(=O)NC(C)C)C(=O)N(CC)CC(C)C(=O)O. The number of carbonyl (C=O) groups excluding carboxylic acids is 2. The van der Waals surface area contributed by atoms with Crippen molar-refractivity contribution in [1.29, 1.82) is 0 Å². The number of nitrogens with one attached hydrogen (secondary N) is 1. The van der Waals surface area contributed by atoms with Crippen molar-refractivity contribution >= 4 is 17.9 Å². The number of carbonyl (C=O) groups is 3. The highest BCUT2D eigenvalue weighted by atomic mass is 16.4. The number of aliphatic carboxylic acids is 1. The van der Waals surface area contributed by atoms with Crippen molar-refractivity contribution in [2.24, 2.45) is 5.92 Å². The Morgan fingerprint density at radius 2 is 1.57 bits per heavy atom. The third kappa shape index (κ3) is 6.97. The van der Waals surface area contributed by atoms with Crippen LogP contribution in [0.5, 0.6) is 0 Å². The van der Waals surface area contributed by atoms with Crippen LogP contribution in [0.25, 0.3) is 0 Å². The molecular formula is C14H27N3O4. The van der Waals surface area contributed by atoms with Gasteiger partial charge >= 0.3 is 12.0 Å². The molecule has 0 heterocycles. The smallest absolute Gasteiger partial charge is 0.320 e. The summed E-state index contributed by atoms with van der Waals surface area (Å²) < 4.78 is 0. The number of hydrogen-bond donors (Lipinski definition) is 2. The Kier molecular flexibility index (Phi) is 8.42. The molecule has 0 rings (SSSR count). The number of amides is 3. The van der Waals surface area contributed by atoms with E-state index in [4.69, 9.17) is 5.11 Å². The average molecular weight is 301 g/mol. The Morgan fingerprint density at radius 3 is 1.95 bits per heavy atom. The van der Waals surface area contributed by atoms with Crippen LogP contribution in [-0.4, -0.2) is 65.0 Å². The molecule has 0 aliphatic rings. The predicted octanol–water partition coefficient (Wildman–Crippen LogP) is 0.996. The molecule has 0 saturated heterocycles. The zero-order valence-corrected chi connectivity index (χ0v) is 13.5. The lowest BCUT2D eigenvalue weighted by Crippen LogP contribution is -2.49. The molecule has 0 saturated carbocycles. The molecule has 0 aromatic rings. The van der Waals surface area contributed by atoms with E-state index in [1.54, 1.807) is 20.8 Å². The van der Waals surface area contributed by atoms with Crippen LogP contribution in [-0.2, 0) is 9.59 Å². The van der Waals surface area contributed by atoms with Crippen molar-refractivity contribution in [3.8, 4) is 0 Å². The topological polar surface area (TPSA) is 90.0 Å². The predicted molar refractivity (Wildman–Crippen MR) is 80.0 cm³/mol. The van der Waals surface area contributed by atoms with E-state index in [2.05, 4.69) is 5.32 Å². The van der Waals surface area contributed by atoms with Crippen molar-refractivity contribution in [2.75, 3.05) is 26.2 Å². The van der Waals surface area contributed by atoms with Crippen LogP contribution >= 0.6 is 0 Å². The molecule has 3 amide bonds. The van der Waals surface area contributed by atoms with E-state index in [-0.39, 0.29) is 31.1 Å². The van der Waals surface area contributed by atoms with Gasteiger partial charge in [0, 0.05) is 25.7 Å². The van der Waals surface area contributed by atoms with Crippen LogP contribution in [0.2, 0.25) is 0 Å². The molecule has 7 nitrogen and oxygen atoms in total. The fraction of sp³-hybridized carbons (Fsp3) is 0.786. The normalized spacial score (nSPS) is 11.9. The maximum atomic E-state index is 12.4. The molecule has 0 aliphatic carbocycles. The molecule has 0 bridgehead atoms. The molecule has 0 fully saturated rings. The van der Waals surface area contributed by atoms with Crippen LogP contribution in [0.4, 0.5) is 4.79 Å². The summed E-state index contributed by atoms with van der Waals surface area (Å²) in [5, 5.41) is 11.7. The second-order valence-corrected chi connectivity index (χ2v) is 5.30. The lowest BCUT2D eigenvalue weighted by molar-refractivity contribution is -0.141. The highest BCUT2D eigenvalue weighted by Crippen LogP contribution is 2.05. The Balaban J connectivity index is 4.72. The van der Waals surface area contributed by atoms with Crippen molar-refractivity contribution in [2.45, 2.75) is 40.7 Å². The van der Waals surface area contributed by atoms with Gasteiger partial charge in [0.05, 0.1) is 5.92 Å². The largest absolute Gasteiger partial charge is 0.481 e. The Hall–Kier alpha value is -1.79. The van der Waals surface area contributed by atoms with Gasteiger partial charge in [0.25, 0.3) is 0 Å². The lowest BCUT2D eigenvalue weighted by Gasteiger charge is -2.30. The van der Waals surface area contributed by atoms with Crippen LogP contribution in [0.3, 0.4) is 0 Å². The van der Waals surface area contributed by atoms with Crippen LogP contribution < -0.4 is 5.32 Å². The first kappa shape index (κ1) is 19.2. The lowest BCUT2D eigenvalue weighted by atomic mass is 10.2. The van der Waals surface area contributed by atoms with Crippen LogP contribution in [0, 0.1) is 5.92 Å². The van der Waals surface area contributed by atoms with Crippen molar-refractivity contribution in [1.82, 2.24) is 15.1 Å². The summed E-state index contributed by atoms with van der Waals surface area (Å²) in [4.78, 5) is 37.9. The van der Waals surface area contributed by atoms with E-state index < -0.39 is 11.9 Å². The van der Waals surface area contributed by atoms with E-state index in [9.17, 15) is 14.4 Å². The summed E-state index contributed by atoms with van der Waals surface area (Å²) in [7, 11) is 0. The van der Waals surface area contributed by atoms with Gasteiger partial charge in [-0.1, -0.05) is 6.92 Å². The highest BCUT2D eigenvalue weighted by Gasteiger charge is 2.24. The number of carboxylic acids is 1. The maximum Gasteiger partial charge on any atom is 0.320 e. The number of urea groups is 1. The fourth-order valence-corrected chi connectivity index (χ4v) is 1.81. The Morgan fingerprint density at radius 1 is 1.05 bits per heavy atom. The Bertz CT molecular complexity index is 371. The van der Waals surface area contributed by atoms with E-state index in [1.165, 1.54) is 9.80 Å². The second kappa shape index (κ2) is 9.20. The van der Waals surface area contributed by atoms with Crippen LogP contribution in [0.15, 0.2) is 0 Å². The van der Waals surface area contributed by atoms with Gasteiger partial charge in [-0.05, 0) is 27.7 Å². The van der Waals surface area contributed by atoms with Gasteiger partial charge in [0.15, 0.2) is 0 Å². The fourth-order valence-electron chi connectivity index (χ4n) is 1.81. The van der Waals surface area contributed by atoms with Gasteiger partial charge in [0.2, 0.25) is 5.91 Å². The van der Waals surface area contributed by atoms with Crippen molar-refractivity contribution in [3.63, 3.8) is 0 Å². The van der Waals surface area contributed by atoms with E-state index in [0.717, 1.165) is 0 Å². The summed E-state index contributed by atoms with van der Waals surface area (Å²) in [6, 6.07) is -0.298. The van der Waals surface area contributed by atoms with Gasteiger partial charge < -0.3 is 20.2 Å². The quantitative estimate of drug-likeness (QED) is 0.699. The van der Waals surface area contributed by atoms with Crippen molar-refractivity contribution in [3.05, 3.63) is 0 Å². The first-order valence-electron chi connectivity index (χ1n) is 7.28. The molecule has 0 aromatic carbocycles. The van der Waals surface area contributed by atoms with E-state index in [0.29, 0.717) is 13.1 Å². The minimum absolute atomic E-state index is 0.0145. The molecule has 7 heteroatoms. The summed E-state index contributed by atoms with van der Waals surface area (Å²) >= 11 is 0. The van der Waals surface area contributed by atoms with Gasteiger partial charge in [0.1, 0.15) is 6.54 Å². The molecule has 0 aromatic heterocycles. The summed E-state index contributed by atoms with van der Waals surface area (Å²) in [6.45, 7) is 9.73. The summed E-state index contributed by atoms with van der Waals surface area (Å²) in [5.41, 5.74) is 0. The van der Waals surface area contributed by atoms with Crippen LogP contribution in [0.1, 0.15) is 34.6 Å². The first-order valence-corrected chi connectivity index (χ1v) is 7.28. The summed E-state index contributed by atoms with van der Waals surface area (Å²) in [6.07, 6.45) is 0. The molecule has 0 aliphatic heterocycles. The third-order valence-electron chi connectivity index (χ3n) is 3.00. The molecule has 0 spiro atoms. The third-order valence-corrected chi connectivity index (χ3v) is 3.00. The molecule has 1 atom stereocenters. The standard InChI is InChI=1S/C14H27N3O4/c1-6-16(8-11(5)13(19)20)14(21)17(7-2)9-12(18)15-10(3)4/h10-11H,6-9H2,1-5H3,(H,15,18)(H,19,20). The zero-order chi connectivity index (χ0) is 16.6. The monoisotopic (exact) mass is 301 g/mol. The number of carboxylic acid groups (broad SMARTS) is 1. The molecule has 122 valence electrons. The zero-order valence-electron chi connectivity index (χ0n) is 13.5. The maximum absolute atomic E-state index is 12.4. The van der Waals surface area contributed by atoms with Gasteiger partial charge in [-0.15, -0.1) is 0 Å². The summed E-state index contributed by atoms with van der Waals surface area (Å²) in [5.74, 6) is -1.80. The number of hydrogen-bond acceptors (Lipinski definition) is 3. The molecule has 0 radical (unpaired) electrons. The van der Waals surface area contributed by atoms with Gasteiger partial charge in [-0.25, -0.2) is 4.79 Å². The van der Waals surface area contributed by atoms with Gasteiger partial charge in [-0.2, -0.15) is 0 Å².